The van der Waals surface area contributed by atoms with Crippen molar-refractivity contribution >= 4 is 39.7 Å². The van der Waals surface area contributed by atoms with Crippen LogP contribution >= 0.6 is 22.9 Å². The van der Waals surface area contributed by atoms with Crippen LogP contribution in [0, 0.1) is 11.6 Å². The molecule has 33 heavy (non-hydrogen) atoms. The van der Waals surface area contributed by atoms with Gasteiger partial charge in [-0.05, 0) is 54.8 Å². The lowest BCUT2D eigenvalue weighted by Crippen LogP contribution is -2.15. The number of amides is 1. The zero-order valence-corrected chi connectivity index (χ0v) is 18.6. The maximum atomic E-state index is 14.0. The van der Waals surface area contributed by atoms with E-state index in [1.807, 2.05) is 6.07 Å². The van der Waals surface area contributed by atoms with E-state index in [2.05, 4.69) is 20.6 Å². The van der Waals surface area contributed by atoms with E-state index in [4.69, 9.17) is 16.6 Å². The van der Waals surface area contributed by atoms with Crippen molar-refractivity contribution in [3.8, 4) is 21.8 Å². The fourth-order valence-corrected chi connectivity index (χ4v) is 4.45. The van der Waals surface area contributed by atoms with Crippen LogP contribution in [-0.4, -0.2) is 26.9 Å². The second-order valence-electron chi connectivity index (χ2n) is 7.46. The Morgan fingerprint density at radius 2 is 1.82 bits per heavy atom. The van der Waals surface area contributed by atoms with Gasteiger partial charge in [-0.25, -0.2) is 23.7 Å². The van der Waals surface area contributed by atoms with Crippen molar-refractivity contribution in [2.24, 2.45) is 0 Å². The minimum Gasteiger partial charge on any atom is -0.359 e. The van der Waals surface area contributed by atoms with Crippen LogP contribution in [0.25, 0.3) is 21.8 Å². The van der Waals surface area contributed by atoms with E-state index in [-0.39, 0.29) is 5.28 Å². The minimum absolute atomic E-state index is 0.122. The Morgan fingerprint density at radius 3 is 2.55 bits per heavy atom. The smallest absolute Gasteiger partial charge is 0.261 e. The number of aromatic nitrogens is 3. The van der Waals surface area contributed by atoms with E-state index in [1.165, 1.54) is 17.4 Å². The summed E-state index contributed by atoms with van der Waals surface area (Å²) in [6.45, 7) is 0. The van der Waals surface area contributed by atoms with E-state index < -0.39 is 23.1 Å². The van der Waals surface area contributed by atoms with Gasteiger partial charge in [0.2, 0.25) is 5.28 Å². The first-order valence-corrected chi connectivity index (χ1v) is 11.3. The van der Waals surface area contributed by atoms with Crippen molar-refractivity contribution in [2.75, 3.05) is 10.6 Å². The van der Waals surface area contributed by atoms with Gasteiger partial charge in [-0.1, -0.05) is 29.5 Å². The normalized spacial score (nSPS) is 13.1. The highest BCUT2D eigenvalue weighted by Gasteiger charge is 2.24. The quantitative estimate of drug-likeness (QED) is 0.327. The van der Waals surface area contributed by atoms with E-state index in [1.54, 1.807) is 30.5 Å². The van der Waals surface area contributed by atoms with Crippen LogP contribution < -0.4 is 10.6 Å². The molecule has 0 aliphatic heterocycles. The number of carbonyl (C=O) groups excluding carboxylic acids is 1. The number of hydrogen-bond acceptors (Lipinski definition) is 6. The average molecular weight is 484 g/mol. The SMILES string of the molecule is O=C(Nc1cccc(-c2nc(NC3CC3)sc2-c2ccnc(Cl)n2)c1)c1c(F)cccc1F. The average Bonchev–Trinajstić information content (AvgIpc) is 3.49. The standard InChI is InChI=1S/C23H16ClF2N5OS/c24-22-27-10-9-17(30-22)20-19(31-23(33-20)29-13-7-8-13)12-3-1-4-14(11-12)28-21(32)18-15(25)5-2-6-16(18)26/h1-6,9-11,13H,7-8H2,(H,28,32)(H,29,31). The number of carbonyl (C=O) groups is 1. The molecule has 2 aromatic heterocycles. The highest BCUT2D eigenvalue weighted by atomic mass is 35.5. The van der Waals surface area contributed by atoms with Gasteiger partial charge in [0.05, 0.1) is 16.3 Å². The monoisotopic (exact) mass is 483 g/mol. The second kappa shape index (κ2) is 8.84. The molecule has 0 bridgehead atoms. The molecule has 6 nitrogen and oxygen atoms in total. The number of anilines is 2. The van der Waals surface area contributed by atoms with Crippen molar-refractivity contribution in [1.29, 1.82) is 0 Å². The van der Waals surface area contributed by atoms with Crippen LogP contribution in [0.15, 0.2) is 54.7 Å². The van der Waals surface area contributed by atoms with Crippen LogP contribution in [0.5, 0.6) is 0 Å². The van der Waals surface area contributed by atoms with Crippen LogP contribution in [-0.2, 0) is 0 Å². The summed E-state index contributed by atoms with van der Waals surface area (Å²) < 4.78 is 28.0. The van der Waals surface area contributed by atoms with Gasteiger partial charge in [-0.2, -0.15) is 0 Å². The third kappa shape index (κ3) is 4.69. The lowest BCUT2D eigenvalue weighted by atomic mass is 10.1. The second-order valence-corrected chi connectivity index (χ2v) is 8.79. The highest BCUT2D eigenvalue weighted by Crippen LogP contribution is 2.40. The summed E-state index contributed by atoms with van der Waals surface area (Å²) >= 11 is 7.45. The Kier molecular flexibility index (Phi) is 5.74. The van der Waals surface area contributed by atoms with Gasteiger partial charge < -0.3 is 10.6 Å². The fourth-order valence-electron chi connectivity index (χ4n) is 3.27. The van der Waals surface area contributed by atoms with Crippen molar-refractivity contribution < 1.29 is 13.6 Å². The first-order valence-electron chi connectivity index (χ1n) is 10.1. The molecule has 1 saturated carbocycles. The Balaban J connectivity index is 1.50. The van der Waals surface area contributed by atoms with Gasteiger partial charge in [0.15, 0.2) is 5.13 Å². The summed E-state index contributed by atoms with van der Waals surface area (Å²) in [7, 11) is 0. The van der Waals surface area contributed by atoms with Gasteiger partial charge in [0.1, 0.15) is 17.2 Å². The zero-order valence-electron chi connectivity index (χ0n) is 17.0. The molecule has 0 radical (unpaired) electrons. The Labute approximate surface area is 196 Å². The number of nitrogens with one attached hydrogen (secondary N) is 2. The predicted molar refractivity (Wildman–Crippen MR) is 125 cm³/mol. The van der Waals surface area contributed by atoms with Crippen LogP contribution in [0.4, 0.5) is 19.6 Å². The number of rotatable bonds is 6. The van der Waals surface area contributed by atoms with Crippen LogP contribution in [0.2, 0.25) is 5.28 Å². The Morgan fingerprint density at radius 1 is 1.06 bits per heavy atom. The molecule has 1 amide bonds. The number of halogens is 3. The summed E-state index contributed by atoms with van der Waals surface area (Å²) in [5.41, 5.74) is 1.70. The zero-order chi connectivity index (χ0) is 22.9. The Bertz CT molecular complexity index is 1340. The number of hydrogen-bond donors (Lipinski definition) is 2. The van der Waals surface area contributed by atoms with Gasteiger partial charge in [-0.15, -0.1) is 0 Å². The van der Waals surface area contributed by atoms with Gasteiger partial charge in [-0.3, -0.25) is 4.79 Å². The fraction of sp³-hybridized carbons (Fsp3) is 0.130. The lowest BCUT2D eigenvalue weighted by molar-refractivity contribution is 0.101. The maximum absolute atomic E-state index is 14.0. The van der Waals surface area contributed by atoms with Crippen molar-refractivity contribution in [1.82, 2.24) is 15.0 Å². The summed E-state index contributed by atoms with van der Waals surface area (Å²) in [6, 6.07) is 12.3. The molecule has 166 valence electrons. The molecule has 1 aliphatic rings. The molecular formula is C23H16ClF2N5OS. The molecular weight excluding hydrogens is 468 g/mol. The Hall–Kier alpha value is -3.43. The summed E-state index contributed by atoms with van der Waals surface area (Å²) in [5.74, 6) is -2.73. The van der Waals surface area contributed by atoms with Gasteiger partial charge >= 0.3 is 0 Å². The molecule has 4 aromatic rings. The lowest BCUT2D eigenvalue weighted by Gasteiger charge is -2.09. The van der Waals surface area contributed by atoms with Crippen molar-refractivity contribution in [2.45, 2.75) is 18.9 Å². The molecule has 0 spiro atoms. The first-order chi connectivity index (χ1) is 16.0. The van der Waals surface area contributed by atoms with E-state index in [9.17, 15) is 13.6 Å². The summed E-state index contributed by atoms with van der Waals surface area (Å²) in [6.07, 6.45) is 3.76. The van der Waals surface area contributed by atoms with E-state index in [0.29, 0.717) is 28.7 Å². The maximum Gasteiger partial charge on any atom is 0.261 e. The predicted octanol–water partition coefficient (Wildman–Crippen LogP) is 6.03. The third-order valence-corrected chi connectivity index (χ3v) is 6.17. The molecule has 2 aromatic carbocycles. The minimum atomic E-state index is -0.929. The summed E-state index contributed by atoms with van der Waals surface area (Å²) in [5, 5.41) is 6.82. The van der Waals surface area contributed by atoms with Crippen molar-refractivity contribution in [3.63, 3.8) is 0 Å². The van der Waals surface area contributed by atoms with E-state index >= 15 is 0 Å². The number of benzene rings is 2. The van der Waals surface area contributed by atoms with Gasteiger partial charge in [0, 0.05) is 23.5 Å². The number of nitrogens with zero attached hydrogens (tertiary/aromatic N) is 3. The molecule has 0 atom stereocenters. The first kappa shape index (κ1) is 21.4. The summed E-state index contributed by atoms with van der Waals surface area (Å²) in [4.78, 5) is 26.3. The highest BCUT2D eigenvalue weighted by molar-refractivity contribution is 7.19. The molecule has 1 fully saturated rings. The largest absolute Gasteiger partial charge is 0.359 e. The molecule has 1 aliphatic carbocycles. The molecule has 10 heteroatoms. The molecule has 0 unspecified atom stereocenters. The molecule has 0 saturated heterocycles. The van der Waals surface area contributed by atoms with Crippen LogP contribution in [0.1, 0.15) is 23.2 Å². The molecule has 5 rings (SSSR count). The molecule has 2 heterocycles. The topological polar surface area (TPSA) is 79.8 Å². The molecule has 2 N–H and O–H groups in total. The van der Waals surface area contributed by atoms with Crippen LogP contribution in [0.3, 0.4) is 0 Å². The third-order valence-electron chi connectivity index (χ3n) is 4.97. The van der Waals surface area contributed by atoms with E-state index in [0.717, 1.165) is 35.0 Å². The number of thiazole rings is 1. The van der Waals surface area contributed by atoms with Gasteiger partial charge in [0.25, 0.3) is 5.91 Å². The van der Waals surface area contributed by atoms with Crippen molar-refractivity contribution in [3.05, 3.63) is 77.2 Å².